The van der Waals surface area contributed by atoms with Crippen LogP contribution in [0.1, 0.15) is 12.2 Å². The molecule has 8 nitrogen and oxygen atoms in total. The number of para-hydroxylation sites is 1. The largest absolute Gasteiger partial charge is 0.491 e. The molecule has 0 aliphatic carbocycles. The third kappa shape index (κ3) is 4.49. The summed E-state index contributed by atoms with van der Waals surface area (Å²) in [5.41, 5.74) is 0.230. The second-order valence-corrected chi connectivity index (χ2v) is 4.36. The average molecular weight is 318 g/mol. The molecule has 0 spiro atoms. The number of ether oxygens (including phenoxy) is 2. The fraction of sp³-hybridized carbons (Fsp3) is 0.286. The molecule has 23 heavy (non-hydrogen) atoms. The van der Waals surface area contributed by atoms with E-state index in [1.54, 1.807) is 19.2 Å². The second kappa shape index (κ2) is 8.45. The van der Waals surface area contributed by atoms with Crippen molar-refractivity contribution in [1.29, 1.82) is 5.26 Å². The van der Waals surface area contributed by atoms with Gasteiger partial charge in [0.15, 0.2) is 0 Å². The van der Waals surface area contributed by atoms with E-state index in [1.807, 2.05) is 6.07 Å². The highest BCUT2D eigenvalue weighted by molar-refractivity contribution is 5.75. The van der Waals surface area contributed by atoms with E-state index >= 15 is 0 Å². The molecule has 2 rings (SSSR count). The Morgan fingerprint density at radius 3 is 3.04 bits per heavy atom. The third-order valence-corrected chi connectivity index (χ3v) is 2.79. The first-order valence-electron chi connectivity index (χ1n) is 6.77. The lowest BCUT2D eigenvalue weighted by molar-refractivity contribution is 0.172. The summed E-state index contributed by atoms with van der Waals surface area (Å²) >= 11 is 0. The molecule has 120 valence electrons. The van der Waals surface area contributed by atoms with Gasteiger partial charge in [-0.25, -0.2) is 4.39 Å². The van der Waals surface area contributed by atoms with Crippen LogP contribution in [0, 0.1) is 17.1 Å². The molecule has 1 heterocycles. The van der Waals surface area contributed by atoms with Crippen LogP contribution in [0.15, 0.2) is 24.4 Å². The van der Waals surface area contributed by atoms with Gasteiger partial charge in [-0.05, 0) is 17.3 Å². The minimum atomic E-state index is -0.504. The fourth-order valence-electron chi connectivity index (χ4n) is 1.72. The predicted molar refractivity (Wildman–Crippen MR) is 79.8 cm³/mol. The molecular formula is C14H15FN6O2. The number of H-pyrrole nitrogens is 1. The lowest BCUT2D eigenvalue weighted by Crippen LogP contribution is -2.04. The molecule has 0 radical (unpaired) electrons. The Bertz CT molecular complexity index is 696. The van der Waals surface area contributed by atoms with Gasteiger partial charge in [-0.15, -0.1) is 10.2 Å². The number of halogens is 1. The van der Waals surface area contributed by atoms with Crippen LogP contribution in [-0.4, -0.2) is 40.9 Å². The van der Waals surface area contributed by atoms with Gasteiger partial charge >= 0.3 is 0 Å². The molecule has 0 bridgehead atoms. The quantitative estimate of drug-likeness (QED) is 0.563. The SMILES string of the molecule is COCCCOc1cccc(F)c1NC=C(C#N)c1nn[nH]n1. The number of aromatic nitrogens is 4. The van der Waals surface area contributed by atoms with Crippen LogP contribution >= 0.6 is 0 Å². The van der Waals surface area contributed by atoms with E-state index in [2.05, 4.69) is 25.9 Å². The highest BCUT2D eigenvalue weighted by Gasteiger charge is 2.11. The number of methoxy groups -OCH3 is 1. The van der Waals surface area contributed by atoms with Crippen molar-refractivity contribution in [1.82, 2.24) is 20.6 Å². The minimum Gasteiger partial charge on any atom is -0.491 e. The second-order valence-electron chi connectivity index (χ2n) is 4.36. The highest BCUT2D eigenvalue weighted by Crippen LogP contribution is 2.28. The topological polar surface area (TPSA) is 109 Å². The summed E-state index contributed by atoms with van der Waals surface area (Å²) in [5.74, 6) is -0.0578. The molecule has 1 aromatic carbocycles. The number of hydrogen-bond acceptors (Lipinski definition) is 7. The Balaban J connectivity index is 2.13. The summed E-state index contributed by atoms with van der Waals surface area (Å²) < 4.78 is 24.5. The van der Waals surface area contributed by atoms with Crippen LogP contribution in [0.4, 0.5) is 10.1 Å². The van der Waals surface area contributed by atoms with E-state index in [1.165, 1.54) is 12.3 Å². The molecule has 0 aliphatic heterocycles. The maximum Gasteiger partial charge on any atom is 0.216 e. The van der Waals surface area contributed by atoms with Crippen molar-refractivity contribution in [2.75, 3.05) is 25.6 Å². The van der Waals surface area contributed by atoms with E-state index in [0.717, 1.165) is 0 Å². The summed E-state index contributed by atoms with van der Waals surface area (Å²) in [4.78, 5) is 0. The first kappa shape index (κ1) is 16.4. The zero-order valence-electron chi connectivity index (χ0n) is 12.4. The molecular weight excluding hydrogens is 303 g/mol. The van der Waals surface area contributed by atoms with Gasteiger partial charge in [0.05, 0.1) is 6.61 Å². The monoisotopic (exact) mass is 318 g/mol. The highest BCUT2D eigenvalue weighted by atomic mass is 19.1. The molecule has 0 saturated carbocycles. The Morgan fingerprint density at radius 2 is 2.35 bits per heavy atom. The van der Waals surface area contributed by atoms with E-state index in [4.69, 9.17) is 14.7 Å². The molecule has 9 heteroatoms. The Hall–Kier alpha value is -2.99. The van der Waals surface area contributed by atoms with Crippen molar-refractivity contribution in [2.45, 2.75) is 6.42 Å². The normalized spacial score (nSPS) is 11.1. The van der Waals surface area contributed by atoms with E-state index in [-0.39, 0.29) is 17.1 Å². The molecule has 0 amide bonds. The van der Waals surface area contributed by atoms with Gasteiger partial charge in [0.25, 0.3) is 0 Å². The van der Waals surface area contributed by atoms with Gasteiger partial charge in [-0.2, -0.15) is 10.5 Å². The molecule has 1 aromatic heterocycles. The summed E-state index contributed by atoms with van der Waals surface area (Å²) in [6.07, 6.45) is 1.97. The molecule has 0 saturated heterocycles. The van der Waals surface area contributed by atoms with Crippen molar-refractivity contribution < 1.29 is 13.9 Å². The number of anilines is 1. The van der Waals surface area contributed by atoms with E-state index < -0.39 is 5.82 Å². The summed E-state index contributed by atoms with van der Waals surface area (Å²) in [5, 5.41) is 24.8. The smallest absolute Gasteiger partial charge is 0.216 e. The van der Waals surface area contributed by atoms with Crippen LogP contribution in [0.2, 0.25) is 0 Å². The number of aromatic amines is 1. The number of tetrazole rings is 1. The number of benzene rings is 1. The van der Waals surface area contributed by atoms with Crippen LogP contribution in [-0.2, 0) is 4.74 Å². The first-order chi connectivity index (χ1) is 11.3. The fourth-order valence-corrected chi connectivity index (χ4v) is 1.72. The number of rotatable bonds is 8. The molecule has 0 aliphatic rings. The summed E-state index contributed by atoms with van der Waals surface area (Å²) in [6, 6.07) is 6.37. The molecule has 0 fully saturated rings. The number of allylic oxidation sites excluding steroid dienone is 1. The lowest BCUT2D eigenvalue weighted by atomic mass is 10.2. The van der Waals surface area contributed by atoms with Crippen molar-refractivity contribution >= 4 is 11.3 Å². The van der Waals surface area contributed by atoms with Crippen LogP contribution in [0.3, 0.4) is 0 Å². The van der Waals surface area contributed by atoms with Gasteiger partial charge in [-0.1, -0.05) is 6.07 Å². The predicted octanol–water partition coefficient (Wildman–Crippen LogP) is 1.73. The molecule has 2 N–H and O–H groups in total. The summed E-state index contributed by atoms with van der Waals surface area (Å²) in [6.45, 7) is 0.931. The van der Waals surface area contributed by atoms with Gasteiger partial charge in [0.2, 0.25) is 5.82 Å². The zero-order valence-corrected chi connectivity index (χ0v) is 12.4. The van der Waals surface area contributed by atoms with Crippen molar-refractivity contribution in [3.8, 4) is 11.8 Å². The van der Waals surface area contributed by atoms with Gasteiger partial charge in [0.1, 0.15) is 28.9 Å². The average Bonchev–Trinajstić information content (AvgIpc) is 3.08. The van der Waals surface area contributed by atoms with Crippen molar-refractivity contribution in [2.24, 2.45) is 0 Å². The Morgan fingerprint density at radius 1 is 1.48 bits per heavy atom. The maximum atomic E-state index is 14.0. The Kier molecular flexibility index (Phi) is 6.02. The van der Waals surface area contributed by atoms with Crippen molar-refractivity contribution in [3.05, 3.63) is 36.0 Å². The minimum absolute atomic E-state index is 0.104. The van der Waals surface area contributed by atoms with Gasteiger partial charge in [-0.3, -0.25) is 0 Å². The van der Waals surface area contributed by atoms with Gasteiger partial charge < -0.3 is 14.8 Å². The first-order valence-corrected chi connectivity index (χ1v) is 6.77. The molecule has 2 aromatic rings. The molecule has 0 unspecified atom stereocenters. The molecule has 0 atom stereocenters. The standard InChI is InChI=1S/C14H15FN6O2/c1-22-6-3-7-23-12-5-2-4-11(15)13(12)17-9-10(8-16)14-18-20-21-19-14/h2,4-5,9,17H,3,6-7H2,1H3,(H,18,19,20,21). The lowest BCUT2D eigenvalue weighted by Gasteiger charge is -2.12. The number of nitrogens with zero attached hydrogens (tertiary/aromatic N) is 4. The maximum absolute atomic E-state index is 14.0. The number of nitrogens with one attached hydrogen (secondary N) is 2. The van der Waals surface area contributed by atoms with Crippen LogP contribution in [0.5, 0.6) is 5.75 Å². The number of nitriles is 1. The summed E-state index contributed by atoms with van der Waals surface area (Å²) in [7, 11) is 1.60. The van der Waals surface area contributed by atoms with Crippen LogP contribution in [0.25, 0.3) is 5.57 Å². The van der Waals surface area contributed by atoms with Gasteiger partial charge in [0, 0.05) is 26.3 Å². The zero-order chi connectivity index (χ0) is 16.5. The van der Waals surface area contributed by atoms with E-state index in [9.17, 15) is 4.39 Å². The third-order valence-electron chi connectivity index (χ3n) is 2.79. The Labute approximate surface area is 131 Å². The van der Waals surface area contributed by atoms with E-state index in [0.29, 0.717) is 25.4 Å². The van der Waals surface area contributed by atoms with Crippen LogP contribution < -0.4 is 10.1 Å². The number of hydrogen-bond donors (Lipinski definition) is 2. The van der Waals surface area contributed by atoms with Crippen molar-refractivity contribution in [3.63, 3.8) is 0 Å².